The molecular formula is C9H10N2O3. The smallest absolute Gasteiger partial charge is 0.326 e. The lowest BCUT2D eigenvalue weighted by molar-refractivity contribution is -0.136. The second-order valence-electron chi connectivity index (χ2n) is 2.66. The molecule has 14 heavy (non-hydrogen) atoms. The Hall–Kier alpha value is -1.88. The minimum absolute atomic E-state index is 0.131. The minimum atomic E-state index is -1.13. The number of phenolic OH excluding ortho intramolecular Hbond substituents is 1. The van der Waals surface area contributed by atoms with Gasteiger partial charge < -0.3 is 15.9 Å². The monoisotopic (exact) mass is 194 g/mol. The van der Waals surface area contributed by atoms with E-state index in [1.807, 2.05) is 0 Å². The van der Waals surface area contributed by atoms with Gasteiger partial charge in [0.25, 0.3) is 0 Å². The third-order valence-electron chi connectivity index (χ3n) is 1.52. The molecule has 1 rings (SSSR count). The van der Waals surface area contributed by atoms with Crippen LogP contribution in [0.4, 0.5) is 5.69 Å². The van der Waals surface area contributed by atoms with Crippen LogP contribution in [0.2, 0.25) is 0 Å². The molecule has 0 aromatic heterocycles. The Balaban J connectivity index is 2.69. The van der Waals surface area contributed by atoms with E-state index in [1.54, 1.807) is 12.1 Å². The summed E-state index contributed by atoms with van der Waals surface area (Å²) < 4.78 is 0. The average molecular weight is 194 g/mol. The molecule has 0 aliphatic carbocycles. The number of aliphatic imine (C=N–C) groups is 1. The number of aliphatic carboxylic acids is 1. The van der Waals surface area contributed by atoms with Crippen molar-refractivity contribution >= 4 is 17.9 Å². The highest BCUT2D eigenvalue weighted by atomic mass is 16.4. The van der Waals surface area contributed by atoms with Gasteiger partial charge >= 0.3 is 5.97 Å². The van der Waals surface area contributed by atoms with Gasteiger partial charge in [0, 0.05) is 6.21 Å². The molecule has 0 aliphatic rings. The first kappa shape index (κ1) is 10.2. The van der Waals surface area contributed by atoms with Crippen molar-refractivity contribution in [3.05, 3.63) is 24.3 Å². The first-order valence-electron chi connectivity index (χ1n) is 3.91. The number of carboxylic acid groups (broad SMARTS) is 1. The summed E-state index contributed by atoms with van der Waals surface area (Å²) in [5.74, 6) is -1.00. The van der Waals surface area contributed by atoms with Gasteiger partial charge in [0.2, 0.25) is 0 Å². The van der Waals surface area contributed by atoms with Crippen LogP contribution in [0.1, 0.15) is 0 Å². The average Bonchev–Trinajstić information content (AvgIpc) is 2.16. The summed E-state index contributed by atoms with van der Waals surface area (Å²) in [5, 5.41) is 17.4. The zero-order chi connectivity index (χ0) is 10.6. The van der Waals surface area contributed by atoms with Gasteiger partial charge in [-0.1, -0.05) is 0 Å². The molecule has 1 aromatic carbocycles. The van der Waals surface area contributed by atoms with Gasteiger partial charge in [-0.2, -0.15) is 0 Å². The van der Waals surface area contributed by atoms with Gasteiger partial charge in [-0.05, 0) is 24.3 Å². The largest absolute Gasteiger partial charge is 0.508 e. The number of aromatic hydroxyl groups is 1. The van der Waals surface area contributed by atoms with Gasteiger partial charge in [-0.15, -0.1) is 0 Å². The summed E-state index contributed by atoms with van der Waals surface area (Å²) in [6, 6.07) is 4.92. The van der Waals surface area contributed by atoms with E-state index in [9.17, 15) is 4.79 Å². The molecule has 0 saturated heterocycles. The van der Waals surface area contributed by atoms with Crippen molar-refractivity contribution in [1.29, 1.82) is 0 Å². The maximum absolute atomic E-state index is 10.3. The van der Waals surface area contributed by atoms with Crippen LogP contribution in [0.15, 0.2) is 29.3 Å². The molecule has 74 valence electrons. The maximum Gasteiger partial charge on any atom is 0.326 e. The van der Waals surface area contributed by atoms with Crippen LogP contribution < -0.4 is 5.73 Å². The molecule has 0 heterocycles. The fourth-order valence-electron chi connectivity index (χ4n) is 0.769. The van der Waals surface area contributed by atoms with E-state index in [2.05, 4.69) is 4.99 Å². The molecule has 4 N–H and O–H groups in total. The predicted octanol–water partition coefficient (Wildman–Crippen LogP) is 0.506. The molecule has 0 spiro atoms. The standard InChI is InChI=1S/C9H10N2O3/c10-8(9(13)14)5-11-6-1-3-7(12)4-2-6/h1-5,8,12H,10H2,(H,13,14)/t8-/m0/s1. The second kappa shape index (κ2) is 4.38. The SMILES string of the molecule is N[C@@H](C=Nc1ccc(O)cc1)C(=O)O. The predicted molar refractivity (Wildman–Crippen MR) is 51.9 cm³/mol. The van der Waals surface area contributed by atoms with Crippen LogP contribution in [0, 0.1) is 0 Å². The van der Waals surface area contributed by atoms with E-state index in [4.69, 9.17) is 15.9 Å². The van der Waals surface area contributed by atoms with Gasteiger partial charge in [0.15, 0.2) is 0 Å². The molecule has 0 amide bonds. The Morgan fingerprint density at radius 2 is 2.00 bits per heavy atom. The molecule has 0 unspecified atom stereocenters. The van der Waals surface area contributed by atoms with Gasteiger partial charge in [-0.3, -0.25) is 9.79 Å². The van der Waals surface area contributed by atoms with Crippen LogP contribution in [0.25, 0.3) is 0 Å². The number of nitrogens with two attached hydrogens (primary N) is 1. The Bertz CT molecular complexity index is 346. The summed E-state index contributed by atoms with van der Waals surface area (Å²) in [7, 11) is 0. The van der Waals surface area contributed by atoms with Gasteiger partial charge in [-0.25, -0.2) is 0 Å². The van der Waals surface area contributed by atoms with Crippen LogP contribution in [0.3, 0.4) is 0 Å². The number of nitrogens with zero attached hydrogens (tertiary/aromatic N) is 1. The lowest BCUT2D eigenvalue weighted by Gasteiger charge is -1.97. The third-order valence-corrected chi connectivity index (χ3v) is 1.52. The fraction of sp³-hybridized carbons (Fsp3) is 0.111. The van der Waals surface area contributed by atoms with Crippen molar-refractivity contribution in [2.75, 3.05) is 0 Å². The molecule has 5 nitrogen and oxygen atoms in total. The number of benzene rings is 1. The maximum atomic E-state index is 10.3. The quantitative estimate of drug-likeness (QED) is 0.610. The van der Waals surface area contributed by atoms with E-state index >= 15 is 0 Å². The highest BCUT2D eigenvalue weighted by Crippen LogP contribution is 2.15. The highest BCUT2D eigenvalue weighted by molar-refractivity contribution is 5.93. The number of rotatable bonds is 3. The van der Waals surface area contributed by atoms with Crippen molar-refractivity contribution < 1.29 is 15.0 Å². The molecule has 0 aliphatic heterocycles. The second-order valence-corrected chi connectivity index (χ2v) is 2.66. The summed E-state index contributed by atoms with van der Waals surface area (Å²) in [4.78, 5) is 14.1. The van der Waals surface area contributed by atoms with Crippen molar-refractivity contribution in [3.63, 3.8) is 0 Å². The normalized spacial score (nSPS) is 12.9. The number of phenols is 1. The Kier molecular flexibility index (Phi) is 3.19. The molecule has 0 bridgehead atoms. The summed E-state index contributed by atoms with van der Waals surface area (Å²) in [6.45, 7) is 0. The summed E-state index contributed by atoms with van der Waals surface area (Å²) >= 11 is 0. The Morgan fingerprint density at radius 3 is 2.50 bits per heavy atom. The van der Waals surface area contributed by atoms with E-state index in [0.717, 1.165) is 6.21 Å². The van der Waals surface area contributed by atoms with Gasteiger partial charge in [0.1, 0.15) is 11.8 Å². The van der Waals surface area contributed by atoms with E-state index in [-0.39, 0.29) is 5.75 Å². The topological polar surface area (TPSA) is 95.9 Å². The summed E-state index contributed by atoms with van der Waals surface area (Å²) in [6.07, 6.45) is 1.13. The molecule has 0 radical (unpaired) electrons. The van der Waals surface area contributed by atoms with E-state index < -0.39 is 12.0 Å². The van der Waals surface area contributed by atoms with Crippen molar-refractivity contribution in [2.45, 2.75) is 6.04 Å². The lowest BCUT2D eigenvalue weighted by atomic mass is 10.3. The van der Waals surface area contributed by atoms with Crippen molar-refractivity contribution in [2.24, 2.45) is 10.7 Å². The van der Waals surface area contributed by atoms with E-state index in [1.165, 1.54) is 12.1 Å². The Labute approximate surface area is 80.5 Å². The first-order chi connectivity index (χ1) is 6.59. The van der Waals surface area contributed by atoms with Crippen LogP contribution in [-0.4, -0.2) is 28.4 Å². The lowest BCUT2D eigenvalue weighted by Crippen LogP contribution is -2.31. The number of carbonyl (C=O) groups is 1. The number of hydrogen-bond acceptors (Lipinski definition) is 4. The molecular weight excluding hydrogens is 184 g/mol. The highest BCUT2D eigenvalue weighted by Gasteiger charge is 2.06. The zero-order valence-electron chi connectivity index (χ0n) is 7.29. The zero-order valence-corrected chi connectivity index (χ0v) is 7.29. The fourth-order valence-corrected chi connectivity index (χ4v) is 0.769. The molecule has 1 aromatic rings. The molecule has 0 fully saturated rings. The number of carboxylic acids is 1. The van der Waals surface area contributed by atoms with Crippen LogP contribution in [0.5, 0.6) is 5.75 Å². The van der Waals surface area contributed by atoms with Crippen molar-refractivity contribution in [3.8, 4) is 5.75 Å². The van der Waals surface area contributed by atoms with Crippen LogP contribution >= 0.6 is 0 Å². The van der Waals surface area contributed by atoms with Crippen LogP contribution in [-0.2, 0) is 4.79 Å². The summed E-state index contributed by atoms with van der Waals surface area (Å²) in [5.41, 5.74) is 5.74. The Morgan fingerprint density at radius 1 is 1.43 bits per heavy atom. The molecule has 0 saturated carbocycles. The molecule has 5 heteroatoms. The van der Waals surface area contributed by atoms with E-state index in [0.29, 0.717) is 5.69 Å². The third kappa shape index (κ3) is 2.87. The minimum Gasteiger partial charge on any atom is -0.508 e. The number of hydrogen-bond donors (Lipinski definition) is 3. The van der Waals surface area contributed by atoms with Crippen molar-refractivity contribution in [1.82, 2.24) is 0 Å². The first-order valence-corrected chi connectivity index (χ1v) is 3.91. The van der Waals surface area contributed by atoms with Gasteiger partial charge in [0.05, 0.1) is 5.69 Å². The molecule has 1 atom stereocenters.